The third-order valence-corrected chi connectivity index (χ3v) is 4.20. The number of nitrogens with two attached hydrogens (primary N) is 1. The van der Waals surface area contributed by atoms with Gasteiger partial charge in [0.05, 0.1) is 5.57 Å². The molecule has 2 unspecified atom stereocenters. The first-order valence-electron chi connectivity index (χ1n) is 5.39. The summed E-state index contributed by atoms with van der Waals surface area (Å²) in [7, 11) is 0. The number of nitriles is 1. The van der Waals surface area contributed by atoms with Gasteiger partial charge in [0, 0.05) is 5.41 Å². The average Bonchev–Trinajstić information content (AvgIpc) is 2.54. The van der Waals surface area contributed by atoms with Crippen LogP contribution in [0, 0.1) is 22.2 Å². The molecule has 2 atom stereocenters. The number of hydrogen-bond donors (Lipinski definition) is 4. The van der Waals surface area contributed by atoms with Crippen LogP contribution in [-0.4, -0.2) is 22.6 Å². The molecule has 1 spiro atoms. The van der Waals surface area contributed by atoms with Gasteiger partial charge in [-0.05, 0) is 6.92 Å². The average molecular weight is 250 g/mol. The van der Waals surface area contributed by atoms with Gasteiger partial charge in [-0.2, -0.15) is 5.26 Å². The Hall–Kier alpha value is -2.07. The van der Waals surface area contributed by atoms with Crippen molar-refractivity contribution < 1.29 is 14.7 Å². The van der Waals surface area contributed by atoms with E-state index in [4.69, 9.17) is 11.0 Å². The van der Waals surface area contributed by atoms with Gasteiger partial charge in [0.15, 0.2) is 5.41 Å². The van der Waals surface area contributed by atoms with E-state index in [1.54, 1.807) is 19.9 Å². The summed E-state index contributed by atoms with van der Waals surface area (Å²) >= 11 is 0. The zero-order valence-corrected chi connectivity index (χ0v) is 10.3. The third-order valence-electron chi connectivity index (χ3n) is 4.20. The molecule has 96 valence electrons. The molecule has 7 nitrogen and oxygen atoms in total. The molecule has 7 heteroatoms. The van der Waals surface area contributed by atoms with Gasteiger partial charge >= 0.3 is 0 Å². The van der Waals surface area contributed by atoms with Crippen molar-refractivity contribution in [2.45, 2.75) is 26.5 Å². The van der Waals surface area contributed by atoms with Crippen molar-refractivity contribution in [1.82, 2.24) is 10.6 Å². The van der Waals surface area contributed by atoms with Crippen LogP contribution in [0.4, 0.5) is 0 Å². The molecule has 0 aromatic carbocycles. The first-order chi connectivity index (χ1) is 8.13. The van der Waals surface area contributed by atoms with Gasteiger partial charge in [-0.15, -0.1) is 0 Å². The Kier molecular flexibility index (Phi) is 2.08. The number of aliphatic hydroxyl groups is 1. The van der Waals surface area contributed by atoms with Crippen LogP contribution < -0.4 is 16.4 Å². The maximum atomic E-state index is 12.2. The lowest BCUT2D eigenvalue weighted by Gasteiger charge is -2.39. The standard InChI is InChI=1S/C11H14N4O3/c1-9(2)10(3,18)15-8(17)11(9)5(4-12)6(13)14-7(11)16/h18H,13H2,1-3H3,(H,14,16)(H,15,17). The monoisotopic (exact) mass is 250 g/mol. The predicted molar refractivity (Wildman–Crippen MR) is 59.9 cm³/mol. The van der Waals surface area contributed by atoms with Crippen LogP contribution in [0.1, 0.15) is 20.8 Å². The van der Waals surface area contributed by atoms with Crippen molar-refractivity contribution in [3.05, 3.63) is 11.4 Å². The number of nitrogens with zero attached hydrogens (tertiary/aromatic N) is 1. The fourth-order valence-corrected chi connectivity index (χ4v) is 2.67. The molecule has 2 aliphatic rings. The fraction of sp³-hybridized carbons (Fsp3) is 0.545. The summed E-state index contributed by atoms with van der Waals surface area (Å²) in [6.07, 6.45) is 0. The van der Waals surface area contributed by atoms with Gasteiger partial charge in [0.1, 0.15) is 17.6 Å². The van der Waals surface area contributed by atoms with Crippen LogP contribution >= 0.6 is 0 Å². The number of rotatable bonds is 0. The van der Waals surface area contributed by atoms with Gasteiger partial charge in [-0.25, -0.2) is 0 Å². The molecule has 0 aromatic heterocycles. The van der Waals surface area contributed by atoms with Crippen LogP contribution in [-0.2, 0) is 9.59 Å². The highest BCUT2D eigenvalue weighted by Gasteiger charge is 2.74. The molecule has 1 saturated heterocycles. The molecule has 2 rings (SSSR count). The summed E-state index contributed by atoms with van der Waals surface area (Å²) in [6.45, 7) is 4.47. The molecular weight excluding hydrogens is 236 g/mol. The molecule has 0 radical (unpaired) electrons. The highest BCUT2D eigenvalue weighted by molar-refractivity contribution is 6.14. The second-order valence-electron chi connectivity index (χ2n) is 5.26. The van der Waals surface area contributed by atoms with Crippen molar-refractivity contribution in [3.63, 3.8) is 0 Å². The zero-order valence-electron chi connectivity index (χ0n) is 10.3. The molecule has 1 fully saturated rings. The smallest absolute Gasteiger partial charge is 0.247 e. The summed E-state index contributed by atoms with van der Waals surface area (Å²) in [5.74, 6) is -1.53. The van der Waals surface area contributed by atoms with Crippen molar-refractivity contribution in [2.75, 3.05) is 0 Å². The third kappa shape index (κ3) is 0.973. The molecule has 0 aliphatic carbocycles. The quantitative estimate of drug-likeness (QED) is 0.396. The highest BCUT2D eigenvalue weighted by atomic mass is 16.3. The summed E-state index contributed by atoms with van der Waals surface area (Å²) in [5.41, 5.74) is 0.810. The Bertz CT molecular complexity index is 541. The first-order valence-corrected chi connectivity index (χ1v) is 5.39. The summed E-state index contributed by atoms with van der Waals surface area (Å²) in [5, 5.41) is 24.1. The Labute approximate surface area is 104 Å². The molecule has 0 saturated carbocycles. The number of amides is 2. The van der Waals surface area contributed by atoms with Crippen molar-refractivity contribution in [1.29, 1.82) is 5.26 Å². The first kappa shape index (κ1) is 12.4. The van der Waals surface area contributed by atoms with E-state index in [-0.39, 0.29) is 11.4 Å². The van der Waals surface area contributed by atoms with Crippen LogP contribution in [0.2, 0.25) is 0 Å². The molecule has 2 aliphatic heterocycles. The Morgan fingerprint density at radius 2 is 1.83 bits per heavy atom. The SMILES string of the molecule is CC1(O)NC(=O)C2(C(=O)NC(N)=C2C#N)C1(C)C. The highest BCUT2D eigenvalue weighted by Crippen LogP contribution is 2.57. The number of carbonyl (C=O) groups is 2. The van der Waals surface area contributed by atoms with Gasteiger partial charge in [0.25, 0.3) is 0 Å². The van der Waals surface area contributed by atoms with Crippen LogP contribution in [0.25, 0.3) is 0 Å². The molecule has 0 aromatic rings. The van der Waals surface area contributed by atoms with Gasteiger partial charge < -0.3 is 21.5 Å². The van der Waals surface area contributed by atoms with Crippen LogP contribution in [0.3, 0.4) is 0 Å². The van der Waals surface area contributed by atoms with Crippen molar-refractivity contribution in [3.8, 4) is 6.07 Å². The van der Waals surface area contributed by atoms with E-state index in [2.05, 4.69) is 10.6 Å². The predicted octanol–water partition coefficient (Wildman–Crippen LogP) is -1.34. The molecular formula is C11H14N4O3. The van der Waals surface area contributed by atoms with E-state index >= 15 is 0 Å². The fourth-order valence-electron chi connectivity index (χ4n) is 2.67. The topological polar surface area (TPSA) is 128 Å². The summed E-state index contributed by atoms with van der Waals surface area (Å²) < 4.78 is 0. The zero-order chi connectivity index (χ0) is 13.9. The second kappa shape index (κ2) is 3.03. The Morgan fingerprint density at radius 3 is 2.22 bits per heavy atom. The largest absolute Gasteiger partial charge is 0.384 e. The number of carbonyl (C=O) groups excluding carboxylic acids is 2. The minimum atomic E-state index is -1.78. The maximum Gasteiger partial charge on any atom is 0.247 e. The molecule has 5 N–H and O–H groups in total. The lowest BCUT2D eigenvalue weighted by atomic mass is 9.60. The van der Waals surface area contributed by atoms with Gasteiger partial charge in [0.2, 0.25) is 11.8 Å². The number of hydrogen-bond acceptors (Lipinski definition) is 5. The van der Waals surface area contributed by atoms with Gasteiger partial charge in [-0.1, -0.05) is 13.8 Å². The van der Waals surface area contributed by atoms with E-state index < -0.39 is 28.4 Å². The lowest BCUT2D eigenvalue weighted by Crippen LogP contribution is -2.53. The lowest BCUT2D eigenvalue weighted by molar-refractivity contribution is -0.143. The van der Waals surface area contributed by atoms with E-state index in [9.17, 15) is 14.7 Å². The van der Waals surface area contributed by atoms with E-state index in [0.717, 1.165) is 0 Å². The Balaban J connectivity index is 2.80. The van der Waals surface area contributed by atoms with Crippen LogP contribution in [0.5, 0.6) is 0 Å². The summed E-state index contributed by atoms with van der Waals surface area (Å²) in [6, 6.07) is 1.80. The van der Waals surface area contributed by atoms with E-state index in [1.807, 2.05) is 0 Å². The van der Waals surface area contributed by atoms with Crippen molar-refractivity contribution >= 4 is 11.8 Å². The maximum absolute atomic E-state index is 12.2. The number of nitrogens with one attached hydrogen (secondary N) is 2. The van der Waals surface area contributed by atoms with E-state index in [0.29, 0.717) is 0 Å². The van der Waals surface area contributed by atoms with Crippen molar-refractivity contribution in [2.24, 2.45) is 16.6 Å². The summed E-state index contributed by atoms with van der Waals surface area (Å²) in [4.78, 5) is 24.3. The molecule has 0 bridgehead atoms. The second-order valence-corrected chi connectivity index (χ2v) is 5.26. The van der Waals surface area contributed by atoms with E-state index in [1.165, 1.54) is 6.92 Å². The Morgan fingerprint density at radius 1 is 1.28 bits per heavy atom. The van der Waals surface area contributed by atoms with Gasteiger partial charge in [-0.3, -0.25) is 9.59 Å². The minimum absolute atomic E-state index is 0.136. The van der Waals surface area contributed by atoms with Crippen LogP contribution in [0.15, 0.2) is 11.4 Å². The normalized spacial score (nSPS) is 37.7. The molecule has 2 heterocycles. The molecule has 18 heavy (non-hydrogen) atoms. The molecule has 2 amide bonds. The minimum Gasteiger partial charge on any atom is -0.384 e.